The molecule has 0 heterocycles. The van der Waals surface area contributed by atoms with Crippen molar-refractivity contribution in [2.45, 2.75) is 5.75 Å². The molecule has 0 aliphatic rings. The number of sulfone groups is 1. The fourth-order valence-electron chi connectivity index (χ4n) is 1.96. The van der Waals surface area contributed by atoms with Crippen molar-refractivity contribution >= 4 is 27.3 Å². The molecule has 116 valence electrons. The molecule has 22 heavy (non-hydrogen) atoms. The predicted molar refractivity (Wildman–Crippen MR) is 87.7 cm³/mol. The fraction of sp³-hybridized carbons (Fsp3) is 0.188. The van der Waals surface area contributed by atoms with Crippen LogP contribution < -0.4 is 5.32 Å². The van der Waals surface area contributed by atoms with Crippen LogP contribution in [0.1, 0.15) is 15.9 Å². The number of hydrogen-bond acceptors (Lipinski definition) is 3. The molecule has 0 atom stereocenters. The van der Waals surface area contributed by atoms with Gasteiger partial charge < -0.3 is 5.32 Å². The molecule has 0 unspecified atom stereocenters. The lowest BCUT2D eigenvalue weighted by Gasteiger charge is -2.07. The van der Waals surface area contributed by atoms with Gasteiger partial charge in [-0.05, 0) is 17.7 Å². The van der Waals surface area contributed by atoms with E-state index in [9.17, 15) is 13.2 Å². The monoisotopic (exact) mass is 337 g/mol. The molecular weight excluding hydrogens is 322 g/mol. The normalized spacial score (nSPS) is 11.1. The number of rotatable bonds is 6. The second-order valence-corrected chi connectivity index (χ2v) is 7.40. The van der Waals surface area contributed by atoms with Gasteiger partial charge in [0.05, 0.1) is 22.1 Å². The number of nitrogens with one attached hydrogen (secondary N) is 1. The van der Waals surface area contributed by atoms with E-state index in [0.29, 0.717) is 10.6 Å². The molecule has 0 spiro atoms. The Balaban J connectivity index is 1.88. The van der Waals surface area contributed by atoms with Crippen LogP contribution in [0.5, 0.6) is 0 Å². The summed E-state index contributed by atoms with van der Waals surface area (Å²) in [5.41, 5.74) is 1.07. The Kier molecular flexibility index (Phi) is 5.57. The van der Waals surface area contributed by atoms with Crippen molar-refractivity contribution in [2.24, 2.45) is 0 Å². The Morgan fingerprint density at radius 2 is 1.64 bits per heavy atom. The van der Waals surface area contributed by atoms with E-state index in [2.05, 4.69) is 5.32 Å². The smallest absolute Gasteiger partial charge is 0.252 e. The molecule has 0 bridgehead atoms. The van der Waals surface area contributed by atoms with Crippen LogP contribution in [0.15, 0.2) is 54.6 Å². The van der Waals surface area contributed by atoms with Gasteiger partial charge in [0.15, 0.2) is 9.84 Å². The van der Waals surface area contributed by atoms with E-state index in [1.165, 1.54) is 0 Å². The molecular formula is C16H16ClNO3S. The highest BCUT2D eigenvalue weighted by molar-refractivity contribution is 7.90. The first kappa shape index (κ1) is 16.5. The van der Waals surface area contributed by atoms with Crippen molar-refractivity contribution in [1.82, 2.24) is 5.32 Å². The maximum absolute atomic E-state index is 12.0. The van der Waals surface area contributed by atoms with E-state index >= 15 is 0 Å². The highest BCUT2D eigenvalue weighted by atomic mass is 35.5. The molecule has 0 aliphatic carbocycles. The zero-order valence-corrected chi connectivity index (χ0v) is 13.4. The minimum absolute atomic E-state index is 0.0319. The number of hydrogen-bond donors (Lipinski definition) is 1. The summed E-state index contributed by atoms with van der Waals surface area (Å²) in [6.45, 7) is 0.0548. The maximum Gasteiger partial charge on any atom is 0.252 e. The van der Waals surface area contributed by atoms with E-state index in [1.807, 2.05) is 6.07 Å². The van der Waals surface area contributed by atoms with E-state index in [4.69, 9.17) is 11.6 Å². The summed E-state index contributed by atoms with van der Waals surface area (Å²) >= 11 is 5.92. The van der Waals surface area contributed by atoms with E-state index in [1.54, 1.807) is 48.5 Å². The van der Waals surface area contributed by atoms with Crippen LogP contribution in [0.2, 0.25) is 5.02 Å². The van der Waals surface area contributed by atoms with Gasteiger partial charge in [-0.15, -0.1) is 0 Å². The predicted octanol–water partition coefficient (Wildman–Crippen LogP) is 2.68. The largest absolute Gasteiger partial charge is 0.351 e. The van der Waals surface area contributed by atoms with Gasteiger partial charge >= 0.3 is 0 Å². The lowest BCUT2D eigenvalue weighted by Crippen LogP contribution is -2.29. The maximum atomic E-state index is 12.0. The van der Waals surface area contributed by atoms with Gasteiger partial charge in [0, 0.05) is 6.54 Å². The third-order valence-corrected chi connectivity index (χ3v) is 4.98. The van der Waals surface area contributed by atoms with Crippen LogP contribution >= 0.6 is 11.6 Å². The molecule has 0 aromatic heterocycles. The van der Waals surface area contributed by atoms with Crippen LogP contribution in [0, 0.1) is 0 Å². The van der Waals surface area contributed by atoms with Gasteiger partial charge in [-0.2, -0.15) is 0 Å². The number of carbonyl (C=O) groups excluding carboxylic acids is 1. The summed E-state index contributed by atoms with van der Waals surface area (Å²) in [5, 5.41) is 2.92. The van der Waals surface area contributed by atoms with Crippen molar-refractivity contribution < 1.29 is 13.2 Å². The highest BCUT2D eigenvalue weighted by Gasteiger charge is 2.14. The molecule has 0 fully saturated rings. The van der Waals surface area contributed by atoms with Gasteiger partial charge in [0.25, 0.3) is 5.91 Å². The van der Waals surface area contributed by atoms with Crippen molar-refractivity contribution in [3.63, 3.8) is 0 Å². The molecule has 0 radical (unpaired) electrons. The first-order chi connectivity index (χ1) is 10.5. The third kappa shape index (κ3) is 4.86. The Morgan fingerprint density at radius 1 is 1.00 bits per heavy atom. The topological polar surface area (TPSA) is 63.2 Å². The summed E-state index contributed by atoms with van der Waals surface area (Å²) in [4.78, 5) is 11.9. The molecule has 2 aromatic rings. The highest BCUT2D eigenvalue weighted by Crippen LogP contribution is 2.14. The van der Waals surface area contributed by atoms with Gasteiger partial charge in [-0.25, -0.2) is 8.42 Å². The van der Waals surface area contributed by atoms with Crippen LogP contribution in [0.3, 0.4) is 0 Å². The summed E-state index contributed by atoms with van der Waals surface area (Å²) < 4.78 is 24.0. The standard InChI is InChI=1S/C16H16ClNO3S/c17-15-9-5-4-8-14(15)16(19)18-10-11-22(20,21)12-13-6-2-1-3-7-13/h1-9H,10-12H2,(H,18,19). The van der Waals surface area contributed by atoms with Gasteiger partial charge in [-0.3, -0.25) is 4.79 Å². The summed E-state index contributed by atoms with van der Waals surface area (Å²) in [7, 11) is -3.27. The Labute approximate surface area is 135 Å². The van der Waals surface area contributed by atoms with Crippen LogP contribution in [0.4, 0.5) is 0 Å². The summed E-state index contributed by atoms with van der Waals surface area (Å²) in [5.74, 6) is -0.519. The van der Waals surface area contributed by atoms with E-state index in [-0.39, 0.29) is 24.0 Å². The molecule has 0 aliphatic heterocycles. The van der Waals surface area contributed by atoms with Crippen molar-refractivity contribution in [2.75, 3.05) is 12.3 Å². The molecule has 6 heteroatoms. The number of amides is 1. The number of halogens is 1. The number of benzene rings is 2. The Bertz CT molecular complexity index is 745. The second-order valence-electron chi connectivity index (χ2n) is 4.81. The van der Waals surface area contributed by atoms with Gasteiger partial charge in [0.1, 0.15) is 0 Å². The van der Waals surface area contributed by atoms with Gasteiger partial charge in [0.2, 0.25) is 0 Å². The average molecular weight is 338 g/mol. The SMILES string of the molecule is O=C(NCCS(=O)(=O)Cc1ccccc1)c1ccccc1Cl. The molecule has 1 amide bonds. The van der Waals surface area contributed by atoms with Crippen molar-refractivity contribution in [1.29, 1.82) is 0 Å². The minimum atomic E-state index is -3.27. The average Bonchev–Trinajstić information content (AvgIpc) is 2.48. The zero-order chi connectivity index (χ0) is 16.0. The third-order valence-electron chi connectivity index (χ3n) is 3.05. The van der Waals surface area contributed by atoms with Crippen LogP contribution in [0.25, 0.3) is 0 Å². The summed E-state index contributed by atoms with van der Waals surface area (Å²) in [6.07, 6.45) is 0. The first-order valence-electron chi connectivity index (χ1n) is 6.75. The Morgan fingerprint density at radius 3 is 2.32 bits per heavy atom. The number of carbonyl (C=O) groups is 1. The molecule has 1 N–H and O–H groups in total. The van der Waals surface area contributed by atoms with Crippen LogP contribution in [-0.4, -0.2) is 26.6 Å². The molecule has 0 saturated carbocycles. The minimum Gasteiger partial charge on any atom is -0.351 e. The Hall–Kier alpha value is -1.85. The lowest BCUT2D eigenvalue weighted by atomic mass is 10.2. The first-order valence-corrected chi connectivity index (χ1v) is 8.95. The lowest BCUT2D eigenvalue weighted by molar-refractivity contribution is 0.0956. The van der Waals surface area contributed by atoms with Crippen LogP contribution in [-0.2, 0) is 15.6 Å². The van der Waals surface area contributed by atoms with Crippen molar-refractivity contribution in [3.8, 4) is 0 Å². The molecule has 2 rings (SSSR count). The summed E-state index contributed by atoms with van der Waals surface area (Å²) in [6, 6.07) is 15.6. The fourth-order valence-corrected chi connectivity index (χ4v) is 3.44. The molecule has 0 saturated heterocycles. The zero-order valence-electron chi connectivity index (χ0n) is 11.8. The van der Waals surface area contributed by atoms with Crippen molar-refractivity contribution in [3.05, 3.63) is 70.7 Å². The van der Waals surface area contributed by atoms with Gasteiger partial charge in [-0.1, -0.05) is 54.1 Å². The second kappa shape index (κ2) is 7.42. The van der Waals surface area contributed by atoms with E-state index in [0.717, 1.165) is 5.56 Å². The van der Waals surface area contributed by atoms with E-state index < -0.39 is 9.84 Å². The molecule has 2 aromatic carbocycles. The molecule has 4 nitrogen and oxygen atoms in total. The quantitative estimate of drug-likeness (QED) is 0.881.